The van der Waals surface area contributed by atoms with Crippen molar-refractivity contribution in [3.63, 3.8) is 0 Å². The number of hydrogen-bond donors (Lipinski definition) is 1. The maximum Gasteiger partial charge on any atom is 0.268 e. The molecule has 0 aliphatic carbocycles. The summed E-state index contributed by atoms with van der Waals surface area (Å²) in [4.78, 5) is 26.9. The summed E-state index contributed by atoms with van der Waals surface area (Å²) in [5.41, 5.74) is 1.99. The molecule has 0 aromatic heterocycles. The monoisotopic (exact) mass is 450 g/mol. The highest BCUT2D eigenvalue weighted by Crippen LogP contribution is 2.37. The van der Waals surface area contributed by atoms with Crippen LogP contribution in [0.15, 0.2) is 72.8 Å². The Bertz CT molecular complexity index is 1120. The van der Waals surface area contributed by atoms with Crippen molar-refractivity contribution in [2.24, 2.45) is 0 Å². The Morgan fingerprint density at radius 2 is 1.84 bits per heavy atom. The van der Waals surface area contributed by atoms with Gasteiger partial charge in [0.1, 0.15) is 11.5 Å². The molecule has 1 atom stereocenters. The lowest BCUT2D eigenvalue weighted by Crippen LogP contribution is -2.44. The van der Waals surface area contributed by atoms with Gasteiger partial charge in [-0.1, -0.05) is 48.0 Å². The first kappa shape index (κ1) is 21.7. The number of para-hydroxylation sites is 1. The Balaban J connectivity index is 1.46. The van der Waals surface area contributed by atoms with E-state index in [0.717, 1.165) is 5.56 Å². The second-order valence-electron chi connectivity index (χ2n) is 7.42. The molecule has 1 unspecified atom stereocenters. The van der Waals surface area contributed by atoms with Crippen LogP contribution in [-0.4, -0.2) is 24.5 Å². The van der Waals surface area contributed by atoms with Gasteiger partial charge in [0.15, 0.2) is 6.10 Å². The first-order chi connectivity index (χ1) is 15.5. The number of hydrogen-bond acceptors (Lipinski definition) is 4. The van der Waals surface area contributed by atoms with Crippen molar-refractivity contribution in [2.45, 2.75) is 26.0 Å². The number of rotatable bonds is 7. The molecule has 7 heteroatoms. The Morgan fingerprint density at radius 3 is 2.62 bits per heavy atom. The van der Waals surface area contributed by atoms with Crippen LogP contribution in [0.25, 0.3) is 0 Å². The Hall–Kier alpha value is -3.51. The van der Waals surface area contributed by atoms with Crippen molar-refractivity contribution in [1.82, 2.24) is 0 Å². The molecule has 1 aliphatic heterocycles. The van der Waals surface area contributed by atoms with Crippen LogP contribution >= 0.6 is 11.6 Å². The van der Waals surface area contributed by atoms with Crippen LogP contribution in [0.4, 0.5) is 11.4 Å². The normalized spacial score (nSPS) is 15.0. The number of carbonyl (C=O) groups is 2. The molecule has 1 N–H and O–H groups in total. The minimum absolute atomic E-state index is 0.169. The molecule has 0 saturated heterocycles. The Morgan fingerprint density at radius 1 is 1.09 bits per heavy atom. The maximum absolute atomic E-state index is 12.9. The number of benzene rings is 3. The van der Waals surface area contributed by atoms with Crippen LogP contribution in [0, 0.1) is 0 Å². The van der Waals surface area contributed by atoms with Crippen molar-refractivity contribution < 1.29 is 19.1 Å². The van der Waals surface area contributed by atoms with E-state index in [2.05, 4.69) is 5.32 Å². The smallest absolute Gasteiger partial charge is 0.268 e. The molecule has 0 fully saturated rings. The lowest BCUT2D eigenvalue weighted by atomic mass is 10.1. The summed E-state index contributed by atoms with van der Waals surface area (Å²) in [5.74, 6) is 0.941. The lowest BCUT2D eigenvalue weighted by molar-refractivity contribution is -0.125. The molecule has 4 rings (SSSR count). The molecule has 1 heterocycles. The fraction of sp³-hybridized carbons (Fsp3) is 0.200. The van der Waals surface area contributed by atoms with Gasteiger partial charge in [-0.15, -0.1) is 0 Å². The summed E-state index contributed by atoms with van der Waals surface area (Å²) in [6, 6.07) is 22.0. The number of carbonyl (C=O) groups excluding carboxylic acids is 2. The number of ether oxygens (including phenoxy) is 2. The number of nitrogens with zero attached hydrogens (tertiary/aromatic N) is 1. The van der Waals surface area contributed by atoms with Gasteiger partial charge in [-0.05, 0) is 48.9 Å². The van der Waals surface area contributed by atoms with Crippen LogP contribution in [0.1, 0.15) is 18.9 Å². The van der Waals surface area contributed by atoms with Gasteiger partial charge in [-0.25, -0.2) is 0 Å². The zero-order chi connectivity index (χ0) is 22.5. The third-order valence-corrected chi connectivity index (χ3v) is 5.45. The first-order valence-electron chi connectivity index (χ1n) is 10.3. The molecule has 0 bridgehead atoms. The topological polar surface area (TPSA) is 67.9 Å². The first-order valence-corrected chi connectivity index (χ1v) is 10.7. The van der Waals surface area contributed by atoms with Crippen molar-refractivity contribution >= 4 is 34.8 Å². The Kier molecular flexibility index (Phi) is 6.61. The van der Waals surface area contributed by atoms with Gasteiger partial charge in [-0.3, -0.25) is 9.59 Å². The van der Waals surface area contributed by atoms with Crippen LogP contribution in [0.3, 0.4) is 0 Å². The third-order valence-electron chi connectivity index (χ3n) is 5.08. The van der Waals surface area contributed by atoms with E-state index in [1.807, 2.05) is 48.5 Å². The molecule has 6 nitrogen and oxygen atoms in total. The van der Waals surface area contributed by atoms with E-state index in [9.17, 15) is 9.59 Å². The van der Waals surface area contributed by atoms with Crippen molar-refractivity contribution in [3.05, 3.63) is 83.4 Å². The summed E-state index contributed by atoms with van der Waals surface area (Å²) in [6.07, 6.45) is -0.414. The molecular weight excluding hydrogens is 428 g/mol. The molecule has 0 saturated carbocycles. The predicted molar refractivity (Wildman–Crippen MR) is 124 cm³/mol. The van der Waals surface area contributed by atoms with Crippen LogP contribution < -0.4 is 19.7 Å². The van der Waals surface area contributed by atoms with Crippen molar-refractivity contribution in [3.8, 4) is 11.5 Å². The van der Waals surface area contributed by atoms with Gasteiger partial charge in [0.2, 0.25) is 5.91 Å². The molecule has 164 valence electrons. The van der Waals surface area contributed by atoms with E-state index < -0.39 is 6.10 Å². The zero-order valence-electron chi connectivity index (χ0n) is 17.6. The average molecular weight is 451 g/mol. The summed E-state index contributed by atoms with van der Waals surface area (Å²) < 4.78 is 11.3. The fourth-order valence-corrected chi connectivity index (χ4v) is 3.64. The number of amides is 2. The van der Waals surface area contributed by atoms with Crippen molar-refractivity contribution in [1.29, 1.82) is 0 Å². The van der Waals surface area contributed by atoms with Gasteiger partial charge >= 0.3 is 0 Å². The second-order valence-corrected chi connectivity index (χ2v) is 7.83. The highest BCUT2D eigenvalue weighted by atomic mass is 35.5. The summed E-state index contributed by atoms with van der Waals surface area (Å²) >= 11 is 6.31. The Labute approximate surface area is 191 Å². The van der Waals surface area contributed by atoms with Gasteiger partial charge in [0, 0.05) is 10.7 Å². The summed E-state index contributed by atoms with van der Waals surface area (Å²) in [5, 5.41) is 3.45. The zero-order valence-corrected chi connectivity index (χ0v) is 18.3. The minimum atomic E-state index is -0.611. The minimum Gasteiger partial charge on any atom is -0.493 e. The van der Waals surface area contributed by atoms with Crippen LogP contribution in [0.2, 0.25) is 5.02 Å². The number of halogens is 1. The maximum atomic E-state index is 12.9. The molecule has 32 heavy (non-hydrogen) atoms. The second kappa shape index (κ2) is 9.75. The van der Waals surface area contributed by atoms with E-state index in [0.29, 0.717) is 34.4 Å². The quantitative estimate of drug-likeness (QED) is 0.546. The largest absolute Gasteiger partial charge is 0.493 e. The fourth-order valence-electron chi connectivity index (χ4n) is 3.45. The van der Waals surface area contributed by atoms with Crippen LogP contribution in [-0.2, 0) is 16.1 Å². The number of nitrogens with one attached hydrogen (secondary N) is 1. The van der Waals surface area contributed by atoms with E-state index in [4.69, 9.17) is 21.1 Å². The van der Waals surface area contributed by atoms with Gasteiger partial charge < -0.3 is 19.7 Å². The SMILES string of the molecule is CC1Oc2ccc(NC(=O)CCOc3ccccc3)cc2N(Cc2ccccc2Cl)C1=O. The van der Waals surface area contributed by atoms with Crippen LogP contribution in [0.5, 0.6) is 11.5 Å². The van der Waals surface area contributed by atoms with E-state index in [1.54, 1.807) is 36.1 Å². The molecule has 2 amide bonds. The van der Waals surface area contributed by atoms with Crippen molar-refractivity contribution in [2.75, 3.05) is 16.8 Å². The third kappa shape index (κ3) is 5.03. The lowest BCUT2D eigenvalue weighted by Gasteiger charge is -2.33. The molecule has 0 radical (unpaired) electrons. The van der Waals surface area contributed by atoms with E-state index >= 15 is 0 Å². The molecule has 3 aromatic rings. The molecular formula is C25H23ClN2O4. The highest BCUT2D eigenvalue weighted by molar-refractivity contribution is 6.31. The molecule has 0 spiro atoms. The molecule has 1 aliphatic rings. The summed E-state index contributed by atoms with van der Waals surface area (Å²) in [6.45, 7) is 2.29. The number of fused-ring (bicyclic) bond motifs is 1. The van der Waals surface area contributed by atoms with Gasteiger partial charge in [-0.2, -0.15) is 0 Å². The van der Waals surface area contributed by atoms with E-state index in [1.165, 1.54) is 0 Å². The highest BCUT2D eigenvalue weighted by Gasteiger charge is 2.32. The summed E-state index contributed by atoms with van der Waals surface area (Å²) in [7, 11) is 0. The molecule has 3 aromatic carbocycles. The van der Waals surface area contributed by atoms with Gasteiger partial charge in [0.05, 0.1) is 25.3 Å². The number of anilines is 2. The standard InChI is InChI=1S/C25H23ClN2O4/c1-17-25(30)28(16-18-7-5-6-10-21(18)26)22-15-19(11-12-23(22)32-17)27-24(29)13-14-31-20-8-3-2-4-9-20/h2-12,15,17H,13-14,16H2,1H3,(H,27,29). The van der Waals surface area contributed by atoms with E-state index in [-0.39, 0.29) is 24.8 Å². The average Bonchev–Trinajstić information content (AvgIpc) is 2.79. The van der Waals surface area contributed by atoms with Gasteiger partial charge in [0.25, 0.3) is 5.91 Å². The predicted octanol–water partition coefficient (Wildman–Crippen LogP) is 5.06.